The summed E-state index contributed by atoms with van der Waals surface area (Å²) in [7, 11) is 0. The van der Waals surface area contributed by atoms with E-state index in [1.54, 1.807) is 24.5 Å². The van der Waals surface area contributed by atoms with Gasteiger partial charge in [-0.3, -0.25) is 14.6 Å². The van der Waals surface area contributed by atoms with Gasteiger partial charge in [-0.1, -0.05) is 56.6 Å². The molecule has 0 saturated carbocycles. The quantitative estimate of drug-likeness (QED) is 0.453. The molecule has 1 amide bonds. The SMILES string of the molecule is Cc1cc(Cl)ccc1N1CCN(C(=O)C(C)(C)C)C(c2ccc(C(=O)c3ccncc3)cc2)C1. The fourth-order valence-corrected chi connectivity index (χ4v) is 4.69. The van der Waals surface area contributed by atoms with Crippen LogP contribution in [0.2, 0.25) is 5.02 Å². The molecular formula is C28H30ClN3O2. The largest absolute Gasteiger partial charge is 0.367 e. The second kappa shape index (κ2) is 9.59. The molecule has 1 saturated heterocycles. The van der Waals surface area contributed by atoms with Crippen LogP contribution < -0.4 is 4.90 Å². The number of anilines is 1. The number of aromatic nitrogens is 1. The maximum atomic E-state index is 13.3. The van der Waals surface area contributed by atoms with Crippen molar-refractivity contribution in [1.29, 1.82) is 0 Å². The summed E-state index contributed by atoms with van der Waals surface area (Å²) in [5.74, 6) is 0.0838. The van der Waals surface area contributed by atoms with Crippen LogP contribution in [0, 0.1) is 12.3 Å². The Morgan fingerprint density at radius 1 is 0.941 bits per heavy atom. The maximum Gasteiger partial charge on any atom is 0.228 e. The molecule has 6 heteroatoms. The van der Waals surface area contributed by atoms with E-state index >= 15 is 0 Å². The van der Waals surface area contributed by atoms with Crippen LogP contribution in [0.3, 0.4) is 0 Å². The standard InChI is InChI=1S/C28H30ClN3O2/c1-19-17-23(29)9-10-24(19)31-15-16-32(27(34)28(2,3)4)25(18-31)20-5-7-21(8-6-20)26(33)22-11-13-30-14-12-22/h5-14,17,25H,15-16,18H2,1-4H3. The molecule has 0 spiro atoms. The van der Waals surface area contributed by atoms with Crippen molar-refractivity contribution in [3.05, 3.63) is 94.3 Å². The summed E-state index contributed by atoms with van der Waals surface area (Å²) < 4.78 is 0. The molecule has 176 valence electrons. The van der Waals surface area contributed by atoms with Gasteiger partial charge in [-0.05, 0) is 48.4 Å². The highest BCUT2D eigenvalue weighted by Gasteiger charge is 2.37. The van der Waals surface area contributed by atoms with Crippen LogP contribution in [0.25, 0.3) is 0 Å². The van der Waals surface area contributed by atoms with E-state index in [0.717, 1.165) is 23.4 Å². The topological polar surface area (TPSA) is 53.5 Å². The monoisotopic (exact) mass is 475 g/mol. The first-order valence-corrected chi connectivity index (χ1v) is 11.9. The highest BCUT2D eigenvalue weighted by Crippen LogP contribution is 2.34. The van der Waals surface area contributed by atoms with Crippen LogP contribution in [0.4, 0.5) is 5.69 Å². The van der Waals surface area contributed by atoms with Gasteiger partial charge in [0.1, 0.15) is 0 Å². The van der Waals surface area contributed by atoms with Crippen LogP contribution >= 0.6 is 11.6 Å². The Balaban J connectivity index is 1.65. The molecule has 0 radical (unpaired) electrons. The molecule has 0 N–H and O–H groups in total. The number of aryl methyl sites for hydroxylation is 1. The minimum absolute atomic E-state index is 0.0429. The van der Waals surface area contributed by atoms with E-state index in [1.165, 1.54) is 0 Å². The van der Waals surface area contributed by atoms with Crippen molar-refractivity contribution in [2.75, 3.05) is 24.5 Å². The zero-order chi connectivity index (χ0) is 24.5. The average Bonchev–Trinajstić information content (AvgIpc) is 2.83. The van der Waals surface area contributed by atoms with Gasteiger partial charge < -0.3 is 9.80 Å². The van der Waals surface area contributed by atoms with Gasteiger partial charge in [0, 0.05) is 59.3 Å². The van der Waals surface area contributed by atoms with Crippen LogP contribution in [-0.2, 0) is 4.79 Å². The molecule has 1 aliphatic heterocycles. The van der Waals surface area contributed by atoms with E-state index in [1.807, 2.05) is 68.1 Å². The number of hydrogen-bond donors (Lipinski definition) is 0. The number of hydrogen-bond acceptors (Lipinski definition) is 4. The van der Waals surface area contributed by atoms with E-state index in [2.05, 4.69) is 16.8 Å². The lowest BCUT2D eigenvalue weighted by Crippen LogP contribution is -2.53. The molecule has 4 rings (SSSR count). The fourth-order valence-electron chi connectivity index (χ4n) is 4.46. The first kappa shape index (κ1) is 24.0. The van der Waals surface area contributed by atoms with Gasteiger partial charge in [-0.2, -0.15) is 0 Å². The zero-order valence-corrected chi connectivity index (χ0v) is 20.8. The Morgan fingerprint density at radius 2 is 1.59 bits per heavy atom. The fraction of sp³-hybridized carbons (Fsp3) is 0.321. The van der Waals surface area contributed by atoms with E-state index in [9.17, 15) is 9.59 Å². The molecule has 5 nitrogen and oxygen atoms in total. The van der Waals surface area contributed by atoms with Gasteiger partial charge in [0.2, 0.25) is 5.91 Å². The van der Waals surface area contributed by atoms with Crippen LogP contribution in [0.15, 0.2) is 67.0 Å². The third-order valence-corrected chi connectivity index (χ3v) is 6.52. The summed E-state index contributed by atoms with van der Waals surface area (Å²) >= 11 is 6.18. The minimum Gasteiger partial charge on any atom is -0.367 e. The van der Waals surface area contributed by atoms with Gasteiger partial charge in [0.05, 0.1) is 6.04 Å². The Bertz CT molecular complexity index is 1190. The summed E-state index contributed by atoms with van der Waals surface area (Å²) in [5.41, 5.74) is 4.00. The Hall–Kier alpha value is -3.18. The number of carbonyl (C=O) groups is 2. The smallest absolute Gasteiger partial charge is 0.228 e. The number of carbonyl (C=O) groups excluding carboxylic acids is 2. The number of rotatable bonds is 4. The lowest BCUT2D eigenvalue weighted by atomic mass is 9.91. The molecule has 0 aliphatic carbocycles. The highest BCUT2D eigenvalue weighted by molar-refractivity contribution is 6.30. The zero-order valence-electron chi connectivity index (χ0n) is 20.1. The Labute approximate surface area is 206 Å². The number of benzene rings is 2. The van der Waals surface area contributed by atoms with Crippen molar-refractivity contribution in [1.82, 2.24) is 9.88 Å². The van der Waals surface area contributed by atoms with Crippen LogP contribution in [0.1, 0.15) is 53.9 Å². The number of ketones is 1. The first-order chi connectivity index (χ1) is 16.1. The third kappa shape index (κ3) is 5.00. The number of nitrogens with zero attached hydrogens (tertiary/aromatic N) is 3. The van der Waals surface area contributed by atoms with Gasteiger partial charge in [-0.25, -0.2) is 0 Å². The van der Waals surface area contributed by atoms with Crippen molar-refractivity contribution in [3.8, 4) is 0 Å². The van der Waals surface area contributed by atoms with Gasteiger partial charge in [0.25, 0.3) is 0 Å². The molecule has 1 unspecified atom stereocenters. The molecular weight excluding hydrogens is 446 g/mol. The van der Waals surface area contributed by atoms with Crippen molar-refractivity contribution < 1.29 is 9.59 Å². The summed E-state index contributed by atoms with van der Waals surface area (Å²) in [6.07, 6.45) is 3.24. The molecule has 1 atom stereocenters. The highest BCUT2D eigenvalue weighted by atomic mass is 35.5. The summed E-state index contributed by atoms with van der Waals surface area (Å²) in [6.45, 7) is 9.97. The van der Waals surface area contributed by atoms with E-state index in [0.29, 0.717) is 29.2 Å². The lowest BCUT2D eigenvalue weighted by Gasteiger charge is -2.45. The van der Waals surface area contributed by atoms with E-state index in [4.69, 9.17) is 11.6 Å². The van der Waals surface area contributed by atoms with Crippen molar-refractivity contribution in [3.63, 3.8) is 0 Å². The molecule has 2 heterocycles. The molecule has 0 bridgehead atoms. The van der Waals surface area contributed by atoms with Crippen LogP contribution in [0.5, 0.6) is 0 Å². The van der Waals surface area contributed by atoms with Crippen molar-refractivity contribution >= 4 is 29.0 Å². The predicted octanol–water partition coefficient (Wildman–Crippen LogP) is 5.71. The maximum absolute atomic E-state index is 13.3. The number of pyridine rings is 1. The molecule has 3 aromatic rings. The third-order valence-electron chi connectivity index (χ3n) is 6.28. The summed E-state index contributed by atoms with van der Waals surface area (Å²) in [4.78, 5) is 34.5. The second-order valence-electron chi connectivity index (χ2n) is 9.83. The van der Waals surface area contributed by atoms with Crippen LogP contribution in [-0.4, -0.2) is 41.2 Å². The molecule has 2 aromatic carbocycles. The number of amides is 1. The lowest BCUT2D eigenvalue weighted by molar-refractivity contribution is -0.142. The number of piperazine rings is 1. The molecule has 1 aromatic heterocycles. The van der Waals surface area contributed by atoms with Gasteiger partial charge in [-0.15, -0.1) is 0 Å². The van der Waals surface area contributed by atoms with Crippen molar-refractivity contribution in [2.24, 2.45) is 5.41 Å². The number of halogens is 1. The summed E-state index contributed by atoms with van der Waals surface area (Å²) in [5, 5.41) is 0.716. The minimum atomic E-state index is -0.478. The van der Waals surface area contributed by atoms with Gasteiger partial charge in [0.15, 0.2) is 5.78 Å². The summed E-state index contributed by atoms with van der Waals surface area (Å²) in [6, 6.07) is 16.9. The average molecular weight is 476 g/mol. The molecule has 34 heavy (non-hydrogen) atoms. The normalized spacial score (nSPS) is 16.4. The predicted molar refractivity (Wildman–Crippen MR) is 136 cm³/mol. The Kier molecular flexibility index (Phi) is 6.76. The van der Waals surface area contributed by atoms with Gasteiger partial charge >= 0.3 is 0 Å². The Morgan fingerprint density at radius 3 is 2.21 bits per heavy atom. The molecule has 1 aliphatic rings. The molecule has 1 fully saturated rings. The first-order valence-electron chi connectivity index (χ1n) is 11.5. The van der Waals surface area contributed by atoms with E-state index in [-0.39, 0.29) is 17.7 Å². The van der Waals surface area contributed by atoms with Crippen molar-refractivity contribution in [2.45, 2.75) is 33.7 Å². The van der Waals surface area contributed by atoms with E-state index < -0.39 is 5.41 Å². The second-order valence-corrected chi connectivity index (χ2v) is 10.3.